The van der Waals surface area contributed by atoms with Gasteiger partial charge in [0.15, 0.2) is 5.82 Å². The van der Waals surface area contributed by atoms with Gasteiger partial charge in [-0.3, -0.25) is 0 Å². The Kier molecular flexibility index (Phi) is 3.80. The molecule has 1 atom stereocenters. The second kappa shape index (κ2) is 5.93. The molecule has 0 bridgehead atoms. The molecule has 3 heterocycles. The average molecular weight is 315 g/mol. The highest BCUT2D eigenvalue weighted by Gasteiger charge is 2.29. The highest BCUT2D eigenvalue weighted by atomic mass is 32.1. The third-order valence-electron chi connectivity index (χ3n) is 4.62. The van der Waals surface area contributed by atoms with E-state index in [2.05, 4.69) is 38.4 Å². The minimum absolute atomic E-state index is 0.342. The standard InChI is InChI=1S/C16H21N5S/c1-11(16-17-5-6-22-16)18-8-12-9-21(10-12)15-7-13-3-2-4-14(13)19-20-15/h5-7,11-12,18H,2-4,8-10H2,1H3. The summed E-state index contributed by atoms with van der Waals surface area (Å²) in [5.41, 5.74) is 2.61. The number of aryl methyl sites for hydroxylation is 2. The van der Waals surface area contributed by atoms with Gasteiger partial charge in [-0.1, -0.05) is 0 Å². The maximum absolute atomic E-state index is 4.39. The Morgan fingerprint density at radius 2 is 2.27 bits per heavy atom. The molecule has 0 spiro atoms. The van der Waals surface area contributed by atoms with E-state index in [-0.39, 0.29) is 0 Å². The van der Waals surface area contributed by atoms with Gasteiger partial charge in [-0.15, -0.1) is 16.4 Å². The molecule has 2 aromatic rings. The van der Waals surface area contributed by atoms with E-state index in [9.17, 15) is 0 Å². The van der Waals surface area contributed by atoms with Gasteiger partial charge in [0.2, 0.25) is 0 Å². The van der Waals surface area contributed by atoms with Crippen molar-refractivity contribution in [2.75, 3.05) is 24.5 Å². The van der Waals surface area contributed by atoms with Crippen molar-refractivity contribution in [3.63, 3.8) is 0 Å². The molecule has 2 aromatic heterocycles. The summed E-state index contributed by atoms with van der Waals surface area (Å²) in [6, 6.07) is 2.59. The average Bonchev–Trinajstić information content (AvgIpc) is 3.16. The van der Waals surface area contributed by atoms with Crippen molar-refractivity contribution in [1.29, 1.82) is 0 Å². The molecule has 0 aromatic carbocycles. The zero-order chi connectivity index (χ0) is 14.9. The van der Waals surface area contributed by atoms with E-state index in [1.54, 1.807) is 11.3 Å². The predicted molar refractivity (Wildman–Crippen MR) is 88.3 cm³/mol. The van der Waals surface area contributed by atoms with Crippen LogP contribution in [0.2, 0.25) is 0 Å². The third-order valence-corrected chi connectivity index (χ3v) is 5.58. The van der Waals surface area contributed by atoms with Crippen LogP contribution in [0.3, 0.4) is 0 Å². The van der Waals surface area contributed by atoms with Crippen molar-refractivity contribution in [3.05, 3.63) is 33.9 Å². The molecule has 5 nitrogen and oxygen atoms in total. The normalized spacial score (nSPS) is 19.0. The molecule has 0 amide bonds. The van der Waals surface area contributed by atoms with Crippen LogP contribution in [0.25, 0.3) is 0 Å². The van der Waals surface area contributed by atoms with E-state index in [0.29, 0.717) is 12.0 Å². The van der Waals surface area contributed by atoms with Crippen LogP contribution in [-0.4, -0.2) is 34.8 Å². The van der Waals surface area contributed by atoms with Crippen molar-refractivity contribution < 1.29 is 0 Å². The number of fused-ring (bicyclic) bond motifs is 1. The van der Waals surface area contributed by atoms with E-state index in [1.165, 1.54) is 29.1 Å². The monoisotopic (exact) mass is 315 g/mol. The molecule has 1 aliphatic heterocycles. The summed E-state index contributed by atoms with van der Waals surface area (Å²) in [4.78, 5) is 6.70. The van der Waals surface area contributed by atoms with Crippen LogP contribution in [-0.2, 0) is 12.8 Å². The molecule has 2 aliphatic rings. The molecule has 1 saturated heterocycles. The zero-order valence-corrected chi connectivity index (χ0v) is 13.6. The zero-order valence-electron chi connectivity index (χ0n) is 12.8. The number of anilines is 1. The fourth-order valence-electron chi connectivity index (χ4n) is 3.24. The molecule has 1 N–H and O–H groups in total. The summed E-state index contributed by atoms with van der Waals surface area (Å²) in [6.45, 7) is 5.37. The van der Waals surface area contributed by atoms with Crippen molar-refractivity contribution >= 4 is 17.2 Å². The van der Waals surface area contributed by atoms with E-state index >= 15 is 0 Å². The Hall–Kier alpha value is -1.53. The molecular formula is C16H21N5S. The van der Waals surface area contributed by atoms with Crippen molar-refractivity contribution in [3.8, 4) is 0 Å². The second-order valence-electron chi connectivity index (χ2n) is 6.30. The molecule has 22 heavy (non-hydrogen) atoms. The van der Waals surface area contributed by atoms with Gasteiger partial charge in [-0.25, -0.2) is 4.98 Å². The first-order valence-electron chi connectivity index (χ1n) is 8.03. The molecule has 0 saturated carbocycles. The third kappa shape index (κ3) is 2.73. The smallest absolute Gasteiger partial charge is 0.151 e. The van der Waals surface area contributed by atoms with E-state index < -0.39 is 0 Å². The number of hydrogen-bond acceptors (Lipinski definition) is 6. The minimum atomic E-state index is 0.342. The van der Waals surface area contributed by atoms with Crippen molar-refractivity contribution in [1.82, 2.24) is 20.5 Å². The van der Waals surface area contributed by atoms with Crippen molar-refractivity contribution in [2.24, 2.45) is 5.92 Å². The van der Waals surface area contributed by atoms with Gasteiger partial charge in [-0.2, -0.15) is 5.10 Å². The summed E-state index contributed by atoms with van der Waals surface area (Å²) in [5, 5.41) is 15.6. The Labute approximate surface area is 134 Å². The summed E-state index contributed by atoms with van der Waals surface area (Å²) < 4.78 is 0. The van der Waals surface area contributed by atoms with Gasteiger partial charge in [-0.05, 0) is 37.8 Å². The summed E-state index contributed by atoms with van der Waals surface area (Å²) in [7, 11) is 0. The van der Waals surface area contributed by atoms with E-state index in [0.717, 1.165) is 31.9 Å². The van der Waals surface area contributed by atoms with Crippen LogP contribution in [0.1, 0.15) is 35.7 Å². The predicted octanol–water partition coefficient (Wildman–Crippen LogP) is 2.21. The Morgan fingerprint density at radius 1 is 1.36 bits per heavy atom. The first kappa shape index (κ1) is 14.1. The van der Waals surface area contributed by atoms with Crippen LogP contribution >= 0.6 is 11.3 Å². The lowest BCUT2D eigenvalue weighted by atomic mass is 9.99. The summed E-state index contributed by atoms with van der Waals surface area (Å²) in [5.74, 6) is 1.75. The number of thiazole rings is 1. The molecular weight excluding hydrogens is 294 g/mol. The maximum Gasteiger partial charge on any atom is 0.151 e. The van der Waals surface area contributed by atoms with Gasteiger partial charge in [0.05, 0.1) is 11.7 Å². The molecule has 1 fully saturated rings. The van der Waals surface area contributed by atoms with Gasteiger partial charge in [0.1, 0.15) is 5.01 Å². The van der Waals surface area contributed by atoms with Crippen LogP contribution in [0.15, 0.2) is 17.6 Å². The number of nitrogens with one attached hydrogen (secondary N) is 1. The van der Waals surface area contributed by atoms with Gasteiger partial charge < -0.3 is 10.2 Å². The van der Waals surface area contributed by atoms with Crippen LogP contribution < -0.4 is 10.2 Å². The van der Waals surface area contributed by atoms with Crippen LogP contribution in [0.4, 0.5) is 5.82 Å². The highest BCUT2D eigenvalue weighted by Crippen LogP contribution is 2.27. The Balaban J connectivity index is 1.27. The molecule has 0 radical (unpaired) electrons. The SMILES string of the molecule is CC(NCC1CN(c2cc3c(nn2)CCC3)C1)c1nccs1. The molecule has 116 valence electrons. The Morgan fingerprint density at radius 3 is 3.09 bits per heavy atom. The summed E-state index contributed by atoms with van der Waals surface area (Å²) >= 11 is 1.71. The minimum Gasteiger partial charge on any atom is -0.354 e. The fourth-order valence-corrected chi connectivity index (χ4v) is 3.91. The quantitative estimate of drug-likeness (QED) is 0.917. The van der Waals surface area contributed by atoms with Crippen LogP contribution in [0.5, 0.6) is 0 Å². The molecule has 4 rings (SSSR count). The van der Waals surface area contributed by atoms with E-state index in [4.69, 9.17) is 0 Å². The largest absolute Gasteiger partial charge is 0.354 e. The van der Waals surface area contributed by atoms with E-state index in [1.807, 2.05) is 11.6 Å². The lowest BCUT2D eigenvalue weighted by Gasteiger charge is -2.40. The summed E-state index contributed by atoms with van der Waals surface area (Å²) in [6.07, 6.45) is 5.37. The topological polar surface area (TPSA) is 53.9 Å². The number of aromatic nitrogens is 3. The van der Waals surface area contributed by atoms with Gasteiger partial charge in [0.25, 0.3) is 0 Å². The second-order valence-corrected chi connectivity index (χ2v) is 7.23. The number of rotatable bonds is 5. The van der Waals surface area contributed by atoms with Crippen LogP contribution in [0, 0.1) is 5.92 Å². The lowest BCUT2D eigenvalue weighted by Crippen LogP contribution is -2.51. The number of nitrogens with zero attached hydrogens (tertiary/aromatic N) is 4. The van der Waals surface area contributed by atoms with Gasteiger partial charge >= 0.3 is 0 Å². The molecule has 1 aliphatic carbocycles. The number of hydrogen-bond donors (Lipinski definition) is 1. The maximum atomic E-state index is 4.39. The first-order valence-corrected chi connectivity index (χ1v) is 8.91. The Bertz CT molecular complexity index is 636. The molecule has 1 unspecified atom stereocenters. The fraction of sp³-hybridized carbons (Fsp3) is 0.562. The lowest BCUT2D eigenvalue weighted by molar-refractivity contribution is 0.365. The van der Waals surface area contributed by atoms with Crippen molar-refractivity contribution in [2.45, 2.75) is 32.2 Å². The molecule has 6 heteroatoms. The highest BCUT2D eigenvalue weighted by molar-refractivity contribution is 7.09. The van der Waals surface area contributed by atoms with Gasteiger partial charge in [0, 0.05) is 37.1 Å². The first-order chi connectivity index (χ1) is 10.8.